The van der Waals surface area contributed by atoms with E-state index in [0.29, 0.717) is 29.2 Å². The summed E-state index contributed by atoms with van der Waals surface area (Å²) < 4.78 is 31.3. The van der Waals surface area contributed by atoms with Gasteiger partial charge in [0.25, 0.3) is 5.91 Å². The normalized spacial score (nSPS) is 15.9. The topological polar surface area (TPSA) is 110 Å². The van der Waals surface area contributed by atoms with Crippen molar-refractivity contribution in [3.05, 3.63) is 59.2 Å². The molecule has 220 valence electrons. The molecular weight excluding hydrogens is 546 g/mol. The number of carboxylic acids is 1. The molecule has 40 heavy (non-hydrogen) atoms. The number of carbonyl (C=O) groups excluding carboxylic acids is 1. The molecule has 3 rings (SSSR count). The van der Waals surface area contributed by atoms with Crippen LogP contribution < -0.4 is 5.32 Å². The summed E-state index contributed by atoms with van der Waals surface area (Å²) in [6.45, 7) is 3.86. The zero-order valence-corrected chi connectivity index (χ0v) is 25.5. The molecule has 0 spiro atoms. The van der Waals surface area contributed by atoms with Gasteiger partial charge in [-0.1, -0.05) is 69.4 Å². The van der Waals surface area contributed by atoms with Crippen LogP contribution in [0.25, 0.3) is 11.1 Å². The largest absolute Gasteiger partial charge is 0.480 e. The van der Waals surface area contributed by atoms with E-state index in [2.05, 4.69) is 5.32 Å². The number of aryl methyl sites for hydroxylation is 1. The number of aliphatic carboxylic acids is 1. The second-order valence-corrected chi connectivity index (χ2v) is 14.1. The predicted molar refractivity (Wildman–Crippen MR) is 163 cm³/mol. The number of amides is 1. The molecule has 0 aromatic heterocycles. The Morgan fingerprint density at radius 3 is 2.48 bits per heavy atom. The van der Waals surface area contributed by atoms with Gasteiger partial charge < -0.3 is 15.2 Å². The van der Waals surface area contributed by atoms with Crippen molar-refractivity contribution in [1.82, 2.24) is 5.32 Å². The van der Waals surface area contributed by atoms with Gasteiger partial charge in [-0.2, -0.15) is 11.8 Å². The predicted octanol–water partition coefficient (Wildman–Crippen LogP) is 5.89. The Morgan fingerprint density at radius 1 is 1.10 bits per heavy atom. The van der Waals surface area contributed by atoms with Gasteiger partial charge >= 0.3 is 5.97 Å². The Bertz CT molecular complexity index is 1240. The number of nitrogens with one attached hydrogen (secondary N) is 1. The van der Waals surface area contributed by atoms with Crippen LogP contribution in [-0.2, 0) is 26.0 Å². The van der Waals surface area contributed by atoms with Crippen molar-refractivity contribution in [2.24, 2.45) is 5.92 Å². The Labute approximate surface area is 243 Å². The van der Waals surface area contributed by atoms with E-state index in [1.54, 1.807) is 19.1 Å². The zero-order valence-electron chi connectivity index (χ0n) is 23.9. The van der Waals surface area contributed by atoms with Crippen molar-refractivity contribution in [3.8, 4) is 11.1 Å². The molecule has 0 radical (unpaired) electrons. The highest BCUT2D eigenvalue weighted by Crippen LogP contribution is 2.31. The van der Waals surface area contributed by atoms with Crippen LogP contribution in [0.2, 0.25) is 0 Å². The molecule has 0 saturated heterocycles. The third-order valence-electron chi connectivity index (χ3n) is 7.66. The first kappa shape index (κ1) is 32.2. The molecule has 1 amide bonds. The van der Waals surface area contributed by atoms with E-state index in [-0.39, 0.29) is 24.2 Å². The molecule has 9 heteroatoms. The van der Waals surface area contributed by atoms with Gasteiger partial charge in [-0.3, -0.25) is 4.79 Å². The van der Waals surface area contributed by atoms with Crippen LogP contribution in [0.5, 0.6) is 0 Å². The van der Waals surface area contributed by atoms with Gasteiger partial charge in [-0.25, -0.2) is 13.2 Å². The number of sulfone groups is 1. The van der Waals surface area contributed by atoms with Gasteiger partial charge in [-0.15, -0.1) is 0 Å². The number of carbonyl (C=O) groups is 2. The minimum Gasteiger partial charge on any atom is -0.480 e. The van der Waals surface area contributed by atoms with Crippen LogP contribution in [0, 0.1) is 12.8 Å². The fourth-order valence-electron chi connectivity index (χ4n) is 5.30. The molecule has 2 aromatic rings. The minimum absolute atomic E-state index is 0.0117. The first-order valence-electron chi connectivity index (χ1n) is 14.2. The second-order valence-electron chi connectivity index (χ2n) is 10.7. The highest BCUT2D eigenvalue weighted by molar-refractivity contribution is 7.98. The first-order valence-corrected chi connectivity index (χ1v) is 17.4. The lowest BCUT2D eigenvalue weighted by molar-refractivity contribution is -0.139. The Kier molecular flexibility index (Phi) is 12.5. The van der Waals surface area contributed by atoms with E-state index in [1.165, 1.54) is 31.0 Å². The number of ether oxygens (including phenoxy) is 1. The zero-order chi connectivity index (χ0) is 29.1. The molecule has 2 atom stereocenters. The van der Waals surface area contributed by atoms with Crippen molar-refractivity contribution in [2.45, 2.75) is 77.5 Å². The lowest BCUT2D eigenvalue weighted by atomic mass is 9.85. The lowest BCUT2D eigenvalue weighted by Crippen LogP contribution is -2.41. The van der Waals surface area contributed by atoms with E-state index in [1.807, 2.05) is 43.5 Å². The van der Waals surface area contributed by atoms with Gasteiger partial charge in [-0.05, 0) is 72.1 Å². The van der Waals surface area contributed by atoms with E-state index in [0.717, 1.165) is 36.0 Å². The molecule has 0 heterocycles. The molecule has 0 aliphatic heterocycles. The summed E-state index contributed by atoms with van der Waals surface area (Å²) in [7, 11) is -3.20. The lowest BCUT2D eigenvalue weighted by Gasteiger charge is -2.27. The maximum absolute atomic E-state index is 13.3. The average molecular weight is 590 g/mol. The number of hydrogen-bond acceptors (Lipinski definition) is 6. The Hall–Kier alpha value is -2.36. The maximum atomic E-state index is 13.3. The fraction of sp³-hybridized carbons (Fsp3) is 0.548. The summed E-state index contributed by atoms with van der Waals surface area (Å²) in [5, 5.41) is 12.3. The average Bonchev–Trinajstić information content (AvgIpc) is 2.94. The van der Waals surface area contributed by atoms with Crippen LogP contribution >= 0.6 is 11.8 Å². The number of benzene rings is 2. The molecule has 2 aromatic carbocycles. The van der Waals surface area contributed by atoms with Crippen molar-refractivity contribution < 1.29 is 27.9 Å². The summed E-state index contributed by atoms with van der Waals surface area (Å²) in [5.74, 6) is -0.300. The Balaban J connectivity index is 1.87. The molecule has 2 unspecified atom stereocenters. The molecule has 1 saturated carbocycles. The van der Waals surface area contributed by atoms with Crippen LogP contribution in [0.15, 0.2) is 42.5 Å². The maximum Gasteiger partial charge on any atom is 0.326 e. The van der Waals surface area contributed by atoms with Crippen LogP contribution in [0.3, 0.4) is 0 Å². The summed E-state index contributed by atoms with van der Waals surface area (Å²) in [4.78, 5) is 25.1. The molecule has 0 bridgehead atoms. The van der Waals surface area contributed by atoms with Gasteiger partial charge in [0.05, 0.1) is 18.5 Å². The van der Waals surface area contributed by atoms with Crippen LogP contribution in [0.4, 0.5) is 0 Å². The summed E-state index contributed by atoms with van der Waals surface area (Å²) >= 11 is 1.53. The summed E-state index contributed by atoms with van der Waals surface area (Å²) in [6, 6.07) is 12.2. The van der Waals surface area contributed by atoms with E-state index in [9.17, 15) is 23.1 Å². The molecule has 1 aliphatic carbocycles. The van der Waals surface area contributed by atoms with E-state index in [4.69, 9.17) is 4.74 Å². The molecule has 1 fully saturated rings. The molecular formula is C31H43NO6S2. The fourth-order valence-corrected chi connectivity index (χ4v) is 6.81. The Morgan fingerprint density at radius 2 is 1.82 bits per heavy atom. The van der Waals surface area contributed by atoms with Crippen LogP contribution in [0.1, 0.15) is 73.4 Å². The first-order chi connectivity index (χ1) is 19.1. The highest BCUT2D eigenvalue weighted by Gasteiger charge is 2.25. The standard InChI is InChI=1S/C31H43NO6S2/c1-4-40(36,37)21-25(18-23-11-6-5-7-12-23)38-20-24-14-15-27(28(19-24)26-13-9-8-10-22(26)2)30(33)32-29(31(34)35)16-17-39-3/h8-10,13-15,19,23,25,29H,4-7,11-12,16-18,20-21H2,1-3H3,(H,32,33)(H,34,35). The van der Waals surface area contributed by atoms with E-state index >= 15 is 0 Å². The molecule has 7 nitrogen and oxygen atoms in total. The second kappa shape index (κ2) is 15.6. The van der Waals surface area contributed by atoms with Crippen molar-refractivity contribution in [3.63, 3.8) is 0 Å². The number of thioether (sulfide) groups is 1. The number of rotatable bonds is 15. The summed E-state index contributed by atoms with van der Waals surface area (Å²) in [6.07, 6.45) is 8.40. The van der Waals surface area contributed by atoms with Crippen LogP contribution in [-0.4, -0.2) is 61.1 Å². The highest BCUT2D eigenvalue weighted by atomic mass is 32.2. The molecule has 1 aliphatic rings. The van der Waals surface area contributed by atoms with E-state index < -0.39 is 27.8 Å². The van der Waals surface area contributed by atoms with Crippen molar-refractivity contribution in [2.75, 3.05) is 23.5 Å². The van der Waals surface area contributed by atoms with Gasteiger partial charge in [0, 0.05) is 11.3 Å². The summed E-state index contributed by atoms with van der Waals surface area (Å²) in [5.41, 5.74) is 3.76. The van der Waals surface area contributed by atoms with Gasteiger partial charge in [0.1, 0.15) is 6.04 Å². The number of carboxylic acid groups (broad SMARTS) is 1. The van der Waals surface area contributed by atoms with Crippen molar-refractivity contribution in [1.29, 1.82) is 0 Å². The van der Waals surface area contributed by atoms with Gasteiger partial charge in [0.15, 0.2) is 9.84 Å². The third-order valence-corrected chi connectivity index (χ3v) is 10.1. The minimum atomic E-state index is -3.20. The monoisotopic (exact) mass is 589 g/mol. The molecule has 2 N–H and O–H groups in total. The van der Waals surface area contributed by atoms with Crippen molar-refractivity contribution >= 4 is 33.5 Å². The smallest absolute Gasteiger partial charge is 0.326 e. The third kappa shape index (κ3) is 9.63. The SMILES string of the molecule is CCS(=O)(=O)CC(CC1CCCCC1)OCc1ccc(C(=O)NC(CCSC)C(=O)O)c(-c2ccccc2C)c1. The quantitative estimate of drug-likeness (QED) is 0.267. The van der Waals surface area contributed by atoms with Gasteiger partial charge in [0.2, 0.25) is 0 Å². The number of hydrogen-bond donors (Lipinski definition) is 2.